The number of nitrogens with one attached hydrogen (secondary N) is 1. The number of ether oxygens (including phenoxy) is 2. The second-order valence-electron chi connectivity index (χ2n) is 5.45. The van der Waals surface area contributed by atoms with Crippen LogP contribution in [0, 0.1) is 0 Å². The first-order valence-corrected chi connectivity index (χ1v) is 7.98. The molecule has 9 heteroatoms. The maximum Gasteiger partial charge on any atom is 0.417 e. The molecular formula is C18H15ClF3NO4. The van der Waals surface area contributed by atoms with Gasteiger partial charge in [0.1, 0.15) is 11.5 Å². The van der Waals surface area contributed by atoms with Crippen molar-refractivity contribution in [3.63, 3.8) is 0 Å². The number of halogens is 4. The second kappa shape index (κ2) is 8.30. The van der Waals surface area contributed by atoms with Crippen molar-refractivity contribution < 1.29 is 32.2 Å². The summed E-state index contributed by atoms with van der Waals surface area (Å²) in [4.78, 5) is 23.7. The van der Waals surface area contributed by atoms with Gasteiger partial charge in [0.05, 0.1) is 23.3 Å². The molecule has 0 spiro atoms. The predicted molar refractivity (Wildman–Crippen MR) is 93.6 cm³/mol. The molecule has 0 fully saturated rings. The third-order valence-corrected chi connectivity index (χ3v) is 3.81. The molecule has 2 rings (SSSR count). The molecule has 27 heavy (non-hydrogen) atoms. The van der Waals surface area contributed by atoms with Gasteiger partial charge >= 0.3 is 6.18 Å². The average Bonchev–Trinajstić information content (AvgIpc) is 2.60. The number of ketones is 1. The predicted octanol–water partition coefficient (Wildman–Crippen LogP) is 4.59. The minimum absolute atomic E-state index is 0.0816. The minimum Gasteiger partial charge on any atom is -0.497 e. The number of amides is 1. The molecule has 0 aliphatic carbocycles. The van der Waals surface area contributed by atoms with Crippen LogP contribution in [0.4, 0.5) is 18.9 Å². The monoisotopic (exact) mass is 401 g/mol. The number of benzene rings is 2. The lowest BCUT2D eigenvalue weighted by molar-refractivity contribution is -0.137. The Bertz CT molecular complexity index is 868. The Morgan fingerprint density at radius 3 is 2.44 bits per heavy atom. The smallest absolute Gasteiger partial charge is 0.417 e. The highest BCUT2D eigenvalue weighted by atomic mass is 35.5. The van der Waals surface area contributed by atoms with E-state index in [1.54, 1.807) is 6.07 Å². The molecule has 2 aromatic carbocycles. The van der Waals surface area contributed by atoms with Gasteiger partial charge < -0.3 is 14.8 Å². The lowest BCUT2D eigenvalue weighted by atomic mass is 10.1. The standard InChI is InChI=1S/C18H15ClF3NO4/c1-10(24)13-8-12(26-2)4-6-16(13)27-9-17(25)23-11-3-5-15(19)14(7-11)18(20,21)22/h3-8H,9H2,1-2H3,(H,23,25). The molecular weight excluding hydrogens is 387 g/mol. The Labute approximate surface area is 158 Å². The number of alkyl halides is 3. The summed E-state index contributed by atoms with van der Waals surface area (Å²) in [7, 11) is 1.44. The summed E-state index contributed by atoms with van der Waals surface area (Å²) < 4.78 is 48.9. The highest BCUT2D eigenvalue weighted by Crippen LogP contribution is 2.36. The molecule has 0 aromatic heterocycles. The van der Waals surface area contributed by atoms with E-state index in [0.29, 0.717) is 5.75 Å². The highest BCUT2D eigenvalue weighted by molar-refractivity contribution is 6.31. The molecule has 0 atom stereocenters. The van der Waals surface area contributed by atoms with Crippen LogP contribution >= 0.6 is 11.6 Å². The van der Waals surface area contributed by atoms with Gasteiger partial charge in [0.25, 0.3) is 5.91 Å². The number of hydrogen-bond acceptors (Lipinski definition) is 4. The molecule has 1 amide bonds. The lowest BCUT2D eigenvalue weighted by Gasteiger charge is -2.13. The summed E-state index contributed by atoms with van der Waals surface area (Å²) in [5, 5.41) is 1.82. The molecule has 0 saturated carbocycles. The van der Waals surface area contributed by atoms with E-state index in [9.17, 15) is 22.8 Å². The zero-order valence-corrected chi connectivity index (χ0v) is 15.1. The number of rotatable bonds is 6. The summed E-state index contributed by atoms with van der Waals surface area (Å²) >= 11 is 5.53. The first kappa shape index (κ1) is 20.6. The Hall–Kier alpha value is -2.74. The molecule has 2 aromatic rings. The normalized spacial score (nSPS) is 11.0. The first-order chi connectivity index (χ1) is 12.6. The van der Waals surface area contributed by atoms with Crippen molar-refractivity contribution in [1.29, 1.82) is 0 Å². The van der Waals surface area contributed by atoms with Gasteiger partial charge in [0.2, 0.25) is 0 Å². The fraction of sp³-hybridized carbons (Fsp3) is 0.222. The van der Waals surface area contributed by atoms with Crippen molar-refractivity contribution in [3.05, 3.63) is 52.5 Å². The van der Waals surface area contributed by atoms with Crippen LogP contribution in [-0.2, 0) is 11.0 Å². The fourth-order valence-corrected chi connectivity index (χ4v) is 2.42. The quantitative estimate of drug-likeness (QED) is 0.719. The van der Waals surface area contributed by atoms with Crippen LogP contribution in [0.15, 0.2) is 36.4 Å². The third kappa shape index (κ3) is 5.37. The van der Waals surface area contributed by atoms with Crippen LogP contribution < -0.4 is 14.8 Å². The van der Waals surface area contributed by atoms with Gasteiger partial charge in [0.15, 0.2) is 12.4 Å². The van der Waals surface area contributed by atoms with Crippen molar-refractivity contribution in [2.45, 2.75) is 13.1 Å². The largest absolute Gasteiger partial charge is 0.497 e. The first-order valence-electron chi connectivity index (χ1n) is 7.60. The zero-order chi connectivity index (χ0) is 20.2. The van der Waals surface area contributed by atoms with Gasteiger partial charge in [-0.2, -0.15) is 13.2 Å². The van der Waals surface area contributed by atoms with Gasteiger partial charge in [0, 0.05) is 5.69 Å². The molecule has 0 radical (unpaired) electrons. The SMILES string of the molecule is COc1ccc(OCC(=O)Nc2ccc(Cl)c(C(F)(F)F)c2)c(C(C)=O)c1. The number of methoxy groups -OCH3 is 1. The summed E-state index contributed by atoms with van der Waals surface area (Å²) in [5.74, 6) is -0.393. The van der Waals surface area contributed by atoms with Gasteiger partial charge in [-0.1, -0.05) is 11.6 Å². The molecule has 0 aliphatic heterocycles. The van der Waals surface area contributed by atoms with E-state index in [-0.39, 0.29) is 22.8 Å². The Kier molecular flexibility index (Phi) is 6.32. The maximum atomic E-state index is 12.9. The maximum absolute atomic E-state index is 12.9. The molecule has 144 valence electrons. The molecule has 0 heterocycles. The van der Waals surface area contributed by atoms with Crippen molar-refractivity contribution in [2.75, 3.05) is 19.0 Å². The molecule has 5 nitrogen and oxygen atoms in total. The summed E-state index contributed by atoms with van der Waals surface area (Å²) in [5.41, 5.74) is -0.924. The van der Waals surface area contributed by atoms with E-state index in [1.165, 1.54) is 32.2 Å². The summed E-state index contributed by atoms with van der Waals surface area (Å²) in [6, 6.07) is 7.49. The van der Waals surface area contributed by atoms with Crippen LogP contribution in [0.25, 0.3) is 0 Å². The molecule has 1 N–H and O–H groups in total. The molecule has 0 aliphatic rings. The van der Waals surface area contributed by atoms with Gasteiger partial charge in [-0.25, -0.2) is 0 Å². The molecule has 0 unspecified atom stereocenters. The Morgan fingerprint density at radius 2 is 1.85 bits per heavy atom. The van der Waals surface area contributed by atoms with Crippen molar-refractivity contribution in [3.8, 4) is 11.5 Å². The van der Waals surface area contributed by atoms with Crippen LogP contribution in [-0.4, -0.2) is 25.4 Å². The average molecular weight is 402 g/mol. The number of carbonyl (C=O) groups excluding carboxylic acids is 2. The van der Waals surface area contributed by atoms with Crippen LogP contribution in [0.3, 0.4) is 0 Å². The number of anilines is 1. The van der Waals surface area contributed by atoms with Gasteiger partial charge in [-0.15, -0.1) is 0 Å². The van der Waals surface area contributed by atoms with E-state index in [4.69, 9.17) is 21.1 Å². The van der Waals surface area contributed by atoms with E-state index in [1.807, 2.05) is 0 Å². The molecule has 0 bridgehead atoms. The lowest BCUT2D eigenvalue weighted by Crippen LogP contribution is -2.21. The Morgan fingerprint density at radius 1 is 1.15 bits per heavy atom. The van der Waals surface area contributed by atoms with Gasteiger partial charge in [-0.3, -0.25) is 9.59 Å². The summed E-state index contributed by atoms with van der Waals surface area (Å²) in [6.07, 6.45) is -4.65. The zero-order valence-electron chi connectivity index (χ0n) is 14.3. The number of Topliss-reactive ketones (excluding diaryl/α,β-unsaturated/α-hetero) is 1. The summed E-state index contributed by atoms with van der Waals surface area (Å²) in [6.45, 7) is 0.824. The fourth-order valence-electron chi connectivity index (χ4n) is 2.20. The van der Waals surface area contributed by atoms with Crippen LogP contribution in [0.1, 0.15) is 22.8 Å². The minimum atomic E-state index is -4.65. The number of carbonyl (C=O) groups is 2. The van der Waals surface area contributed by atoms with E-state index < -0.39 is 29.3 Å². The van der Waals surface area contributed by atoms with E-state index in [0.717, 1.165) is 12.1 Å². The second-order valence-corrected chi connectivity index (χ2v) is 5.85. The van der Waals surface area contributed by atoms with Crippen molar-refractivity contribution in [2.24, 2.45) is 0 Å². The van der Waals surface area contributed by atoms with Crippen LogP contribution in [0.5, 0.6) is 11.5 Å². The van der Waals surface area contributed by atoms with Gasteiger partial charge in [-0.05, 0) is 43.3 Å². The molecule has 0 saturated heterocycles. The van der Waals surface area contributed by atoms with Crippen molar-refractivity contribution in [1.82, 2.24) is 0 Å². The third-order valence-electron chi connectivity index (χ3n) is 3.48. The Balaban J connectivity index is 2.08. The van der Waals surface area contributed by atoms with Crippen LogP contribution in [0.2, 0.25) is 5.02 Å². The van der Waals surface area contributed by atoms with E-state index in [2.05, 4.69) is 5.32 Å². The topological polar surface area (TPSA) is 64.6 Å². The van der Waals surface area contributed by atoms with Crippen molar-refractivity contribution >= 4 is 29.0 Å². The highest BCUT2D eigenvalue weighted by Gasteiger charge is 2.33. The number of hydrogen-bond donors (Lipinski definition) is 1. The van der Waals surface area contributed by atoms with E-state index >= 15 is 0 Å².